The van der Waals surface area contributed by atoms with E-state index in [0.29, 0.717) is 6.54 Å². The molecular weight excluding hydrogens is 142 g/mol. The van der Waals surface area contributed by atoms with Gasteiger partial charge in [0.2, 0.25) is 0 Å². The zero-order valence-corrected chi connectivity index (χ0v) is 7.76. The van der Waals surface area contributed by atoms with Crippen LogP contribution in [0.3, 0.4) is 0 Å². The van der Waals surface area contributed by atoms with Crippen LogP contribution in [0.1, 0.15) is 27.7 Å². The molecule has 0 amide bonds. The van der Waals surface area contributed by atoms with Gasteiger partial charge in [-0.15, -0.1) is 0 Å². The average Bonchev–Trinajstić information content (AvgIpc) is 1.84. The minimum absolute atomic E-state index is 0.322. The first-order chi connectivity index (χ1) is 4.86. The van der Waals surface area contributed by atoms with E-state index in [1.54, 1.807) is 13.8 Å². The van der Waals surface area contributed by atoms with Gasteiger partial charge in [0, 0.05) is 12.1 Å². The lowest BCUT2D eigenvalue weighted by molar-refractivity contribution is 0.0836. The molecule has 0 aliphatic heterocycles. The van der Waals surface area contributed by atoms with Crippen molar-refractivity contribution in [2.24, 2.45) is 0 Å². The van der Waals surface area contributed by atoms with Crippen LogP contribution in [0.5, 0.6) is 0 Å². The van der Waals surface area contributed by atoms with E-state index in [9.17, 15) is 5.11 Å². The first-order valence-corrected chi connectivity index (χ1v) is 3.97. The van der Waals surface area contributed by atoms with Crippen molar-refractivity contribution in [3.05, 3.63) is 0 Å². The largest absolute Gasteiger partial charge is 0.392 e. The molecule has 0 rings (SSSR count). The van der Waals surface area contributed by atoms with E-state index in [-0.39, 0.29) is 11.6 Å². The number of β-amino-alcohol motifs (C(OH)–C–C–N with tert-alkyl or cyclic N) is 1. The van der Waals surface area contributed by atoms with E-state index in [4.69, 9.17) is 5.11 Å². The maximum absolute atomic E-state index is 9.25. The van der Waals surface area contributed by atoms with Crippen LogP contribution in [-0.4, -0.2) is 34.5 Å². The Labute approximate surface area is 68.4 Å². The Bertz CT molecular complexity index is 111. The quantitative estimate of drug-likeness (QED) is 0.549. The van der Waals surface area contributed by atoms with Gasteiger partial charge >= 0.3 is 0 Å². The third-order valence-electron chi connectivity index (χ3n) is 1.90. The van der Waals surface area contributed by atoms with Gasteiger partial charge in [-0.25, -0.2) is 0 Å². The summed E-state index contributed by atoms with van der Waals surface area (Å²) >= 11 is 0. The normalized spacial score (nSPS) is 18.0. The molecule has 3 nitrogen and oxygen atoms in total. The number of rotatable bonds is 4. The standard InChI is InChI=1S/C8H19NO2/c1-6(10)5-9-8(3,4)7(2)11/h6-7,9-11H,5H2,1-4H3/t6-,7?/m1/s1. The second kappa shape index (κ2) is 4.04. The van der Waals surface area contributed by atoms with E-state index in [1.165, 1.54) is 0 Å². The minimum atomic E-state index is -0.416. The highest BCUT2D eigenvalue weighted by molar-refractivity contribution is 4.83. The fourth-order valence-corrected chi connectivity index (χ4v) is 0.558. The molecule has 0 spiro atoms. The Hall–Kier alpha value is -0.120. The van der Waals surface area contributed by atoms with Gasteiger partial charge in [0.05, 0.1) is 12.2 Å². The van der Waals surface area contributed by atoms with Gasteiger partial charge in [0.25, 0.3) is 0 Å². The zero-order chi connectivity index (χ0) is 9.07. The second-order valence-corrected chi connectivity index (χ2v) is 3.63. The Morgan fingerprint density at radius 1 is 1.27 bits per heavy atom. The van der Waals surface area contributed by atoms with Crippen LogP contribution in [0.25, 0.3) is 0 Å². The molecule has 0 heterocycles. The van der Waals surface area contributed by atoms with E-state index >= 15 is 0 Å². The van der Waals surface area contributed by atoms with Crippen LogP contribution in [-0.2, 0) is 0 Å². The molecule has 0 aliphatic rings. The lowest BCUT2D eigenvalue weighted by Gasteiger charge is -2.30. The predicted molar refractivity (Wildman–Crippen MR) is 45.4 cm³/mol. The monoisotopic (exact) mass is 161 g/mol. The summed E-state index contributed by atoms with van der Waals surface area (Å²) in [6, 6.07) is 0. The summed E-state index contributed by atoms with van der Waals surface area (Å²) in [5.41, 5.74) is -0.322. The summed E-state index contributed by atoms with van der Waals surface area (Å²) in [4.78, 5) is 0. The predicted octanol–water partition coefficient (Wildman–Crippen LogP) is 0.116. The van der Waals surface area contributed by atoms with Gasteiger partial charge < -0.3 is 15.5 Å². The lowest BCUT2D eigenvalue weighted by atomic mass is 9.99. The van der Waals surface area contributed by atoms with Crippen molar-refractivity contribution in [3.8, 4) is 0 Å². The van der Waals surface area contributed by atoms with Gasteiger partial charge in [0.1, 0.15) is 0 Å². The molecule has 3 heteroatoms. The number of hydrogen-bond donors (Lipinski definition) is 3. The summed E-state index contributed by atoms with van der Waals surface area (Å²) in [6.45, 7) is 7.76. The lowest BCUT2D eigenvalue weighted by Crippen LogP contribution is -2.50. The van der Waals surface area contributed by atoms with E-state index < -0.39 is 6.10 Å². The maximum Gasteiger partial charge on any atom is 0.0688 e. The van der Waals surface area contributed by atoms with Crippen LogP contribution in [0, 0.1) is 0 Å². The molecule has 11 heavy (non-hydrogen) atoms. The molecule has 0 fully saturated rings. The van der Waals surface area contributed by atoms with E-state index in [2.05, 4.69) is 5.32 Å². The Balaban J connectivity index is 3.73. The van der Waals surface area contributed by atoms with E-state index in [0.717, 1.165) is 0 Å². The van der Waals surface area contributed by atoms with Crippen molar-refractivity contribution in [2.75, 3.05) is 6.54 Å². The van der Waals surface area contributed by atoms with Crippen LogP contribution >= 0.6 is 0 Å². The van der Waals surface area contributed by atoms with Gasteiger partial charge in [-0.2, -0.15) is 0 Å². The molecule has 0 saturated carbocycles. The molecule has 0 radical (unpaired) electrons. The van der Waals surface area contributed by atoms with Gasteiger partial charge in [0.15, 0.2) is 0 Å². The molecule has 1 unspecified atom stereocenters. The number of nitrogens with one attached hydrogen (secondary N) is 1. The Morgan fingerprint density at radius 2 is 1.73 bits per heavy atom. The van der Waals surface area contributed by atoms with Crippen LogP contribution in [0.15, 0.2) is 0 Å². The van der Waals surface area contributed by atoms with E-state index in [1.807, 2.05) is 13.8 Å². The Kier molecular flexibility index (Phi) is 4.00. The average molecular weight is 161 g/mol. The molecule has 68 valence electrons. The first-order valence-electron chi connectivity index (χ1n) is 3.97. The van der Waals surface area contributed by atoms with Crippen molar-refractivity contribution in [1.82, 2.24) is 5.32 Å². The summed E-state index contributed by atoms with van der Waals surface area (Å²) in [6.07, 6.45) is -0.783. The van der Waals surface area contributed by atoms with Crippen molar-refractivity contribution in [2.45, 2.75) is 45.4 Å². The minimum Gasteiger partial charge on any atom is -0.392 e. The second-order valence-electron chi connectivity index (χ2n) is 3.63. The first kappa shape index (κ1) is 10.9. The number of aliphatic hydroxyl groups is 2. The van der Waals surface area contributed by atoms with Crippen molar-refractivity contribution in [3.63, 3.8) is 0 Å². The third kappa shape index (κ3) is 4.35. The maximum atomic E-state index is 9.25. The molecule has 0 bridgehead atoms. The van der Waals surface area contributed by atoms with Gasteiger partial charge in [-0.05, 0) is 27.7 Å². The SMILES string of the molecule is CC(O)C(C)(C)NC[C@@H](C)O. The fraction of sp³-hybridized carbons (Fsp3) is 1.00. The van der Waals surface area contributed by atoms with Gasteiger partial charge in [-0.3, -0.25) is 0 Å². The summed E-state index contributed by atoms with van der Waals surface area (Å²) in [5.74, 6) is 0. The molecule has 0 saturated heterocycles. The van der Waals surface area contributed by atoms with Crippen molar-refractivity contribution < 1.29 is 10.2 Å². The fourth-order valence-electron chi connectivity index (χ4n) is 0.558. The molecule has 0 aliphatic carbocycles. The topological polar surface area (TPSA) is 52.5 Å². The van der Waals surface area contributed by atoms with Crippen LogP contribution < -0.4 is 5.32 Å². The van der Waals surface area contributed by atoms with Crippen molar-refractivity contribution in [1.29, 1.82) is 0 Å². The highest BCUT2D eigenvalue weighted by Gasteiger charge is 2.23. The highest BCUT2D eigenvalue weighted by Crippen LogP contribution is 2.07. The third-order valence-corrected chi connectivity index (χ3v) is 1.90. The zero-order valence-electron chi connectivity index (χ0n) is 7.76. The summed E-state index contributed by atoms with van der Waals surface area (Å²) < 4.78 is 0. The molecule has 0 aromatic carbocycles. The molecule has 3 N–H and O–H groups in total. The van der Waals surface area contributed by atoms with Crippen LogP contribution in [0.2, 0.25) is 0 Å². The van der Waals surface area contributed by atoms with Crippen molar-refractivity contribution >= 4 is 0 Å². The Morgan fingerprint density at radius 3 is 2.00 bits per heavy atom. The summed E-state index contributed by atoms with van der Waals surface area (Å²) in [7, 11) is 0. The molecule has 0 aromatic heterocycles. The van der Waals surface area contributed by atoms with Crippen LogP contribution in [0.4, 0.5) is 0 Å². The summed E-state index contributed by atoms with van der Waals surface area (Å²) in [5, 5.41) is 21.3. The smallest absolute Gasteiger partial charge is 0.0688 e. The molecular formula is C8H19NO2. The number of hydrogen-bond acceptors (Lipinski definition) is 3. The molecule has 2 atom stereocenters. The number of aliphatic hydroxyl groups excluding tert-OH is 2. The van der Waals surface area contributed by atoms with Gasteiger partial charge in [-0.1, -0.05) is 0 Å². The molecule has 0 aromatic rings. The highest BCUT2D eigenvalue weighted by atomic mass is 16.3.